The van der Waals surface area contributed by atoms with Crippen molar-refractivity contribution in [2.45, 2.75) is 6.54 Å². The second-order valence-electron chi connectivity index (χ2n) is 4.13. The van der Waals surface area contributed by atoms with E-state index >= 15 is 0 Å². The molecule has 1 amide bonds. The first-order valence-corrected chi connectivity index (χ1v) is 6.30. The van der Waals surface area contributed by atoms with Crippen LogP contribution in [-0.4, -0.2) is 18.0 Å². The monoisotopic (exact) mass is 291 g/mol. The number of methoxy groups -OCH3 is 1. The van der Waals surface area contributed by atoms with Crippen LogP contribution in [0.25, 0.3) is 0 Å². The van der Waals surface area contributed by atoms with Crippen molar-refractivity contribution in [1.82, 2.24) is 10.3 Å². The lowest BCUT2D eigenvalue weighted by atomic mass is 10.2. The first-order chi connectivity index (χ1) is 9.60. The van der Waals surface area contributed by atoms with Gasteiger partial charge in [-0.05, 0) is 29.8 Å². The average Bonchev–Trinajstić information content (AvgIpc) is 2.47. The van der Waals surface area contributed by atoms with Crippen molar-refractivity contribution in [1.29, 1.82) is 0 Å². The molecule has 0 unspecified atom stereocenters. The van der Waals surface area contributed by atoms with Gasteiger partial charge in [0, 0.05) is 24.5 Å². The van der Waals surface area contributed by atoms with Crippen molar-refractivity contribution in [2.24, 2.45) is 0 Å². The molecule has 20 heavy (non-hydrogen) atoms. The standard InChI is InChI=1S/C14H14ClN3O2/c1-20-13-6-9(4-5-17-13)8-18-14(19)11-7-10(16)2-3-12(11)15/h2-7H,8,16H2,1H3,(H,18,19). The number of nitrogens with zero attached hydrogens (tertiary/aromatic N) is 1. The van der Waals surface area contributed by atoms with E-state index in [0.717, 1.165) is 5.56 Å². The molecule has 0 fully saturated rings. The molecule has 2 aromatic rings. The molecule has 0 radical (unpaired) electrons. The van der Waals surface area contributed by atoms with Crippen molar-refractivity contribution in [3.05, 3.63) is 52.7 Å². The molecule has 1 heterocycles. The fourth-order valence-corrected chi connectivity index (χ4v) is 1.87. The number of amides is 1. The Hall–Kier alpha value is -2.27. The summed E-state index contributed by atoms with van der Waals surface area (Å²) in [6.07, 6.45) is 1.62. The Morgan fingerprint density at radius 2 is 2.20 bits per heavy atom. The zero-order valence-corrected chi connectivity index (χ0v) is 11.6. The SMILES string of the molecule is COc1cc(CNC(=O)c2cc(N)ccc2Cl)ccn1. The van der Waals surface area contributed by atoms with E-state index in [-0.39, 0.29) is 5.91 Å². The van der Waals surface area contributed by atoms with Gasteiger partial charge in [-0.25, -0.2) is 4.98 Å². The molecule has 2 rings (SSSR count). The van der Waals surface area contributed by atoms with Crippen LogP contribution in [-0.2, 0) is 6.54 Å². The van der Waals surface area contributed by atoms with Gasteiger partial charge in [0.25, 0.3) is 5.91 Å². The van der Waals surface area contributed by atoms with Gasteiger partial charge in [0.05, 0.1) is 17.7 Å². The third-order valence-electron chi connectivity index (χ3n) is 2.70. The van der Waals surface area contributed by atoms with Gasteiger partial charge in [0.1, 0.15) is 0 Å². The molecule has 3 N–H and O–H groups in total. The van der Waals surface area contributed by atoms with Crippen LogP contribution in [0.2, 0.25) is 5.02 Å². The van der Waals surface area contributed by atoms with E-state index in [1.54, 1.807) is 36.5 Å². The lowest BCUT2D eigenvalue weighted by Crippen LogP contribution is -2.23. The van der Waals surface area contributed by atoms with Crippen LogP contribution in [0.5, 0.6) is 5.88 Å². The molecule has 0 atom stereocenters. The third kappa shape index (κ3) is 3.39. The molecular weight excluding hydrogens is 278 g/mol. The molecular formula is C14H14ClN3O2. The third-order valence-corrected chi connectivity index (χ3v) is 3.03. The van der Waals surface area contributed by atoms with Crippen molar-refractivity contribution in [2.75, 3.05) is 12.8 Å². The molecule has 6 heteroatoms. The van der Waals surface area contributed by atoms with Crippen LogP contribution in [0.3, 0.4) is 0 Å². The van der Waals surface area contributed by atoms with Crippen molar-refractivity contribution >= 4 is 23.2 Å². The van der Waals surface area contributed by atoms with E-state index in [0.29, 0.717) is 28.7 Å². The zero-order valence-electron chi connectivity index (χ0n) is 10.9. The lowest BCUT2D eigenvalue weighted by molar-refractivity contribution is 0.0951. The van der Waals surface area contributed by atoms with Gasteiger partial charge in [-0.15, -0.1) is 0 Å². The van der Waals surface area contributed by atoms with E-state index in [4.69, 9.17) is 22.1 Å². The zero-order chi connectivity index (χ0) is 14.5. The minimum Gasteiger partial charge on any atom is -0.481 e. The quantitative estimate of drug-likeness (QED) is 0.847. The largest absolute Gasteiger partial charge is 0.481 e. The predicted molar refractivity (Wildman–Crippen MR) is 77.8 cm³/mol. The summed E-state index contributed by atoms with van der Waals surface area (Å²) in [4.78, 5) is 16.0. The summed E-state index contributed by atoms with van der Waals surface area (Å²) in [6, 6.07) is 8.34. The summed E-state index contributed by atoms with van der Waals surface area (Å²) in [5.41, 5.74) is 7.37. The number of aromatic nitrogens is 1. The van der Waals surface area contributed by atoms with Gasteiger partial charge >= 0.3 is 0 Å². The summed E-state index contributed by atoms with van der Waals surface area (Å²) in [6.45, 7) is 0.350. The highest BCUT2D eigenvalue weighted by molar-refractivity contribution is 6.34. The molecule has 104 valence electrons. The highest BCUT2D eigenvalue weighted by Crippen LogP contribution is 2.19. The Balaban J connectivity index is 2.06. The number of hydrogen-bond acceptors (Lipinski definition) is 4. The Morgan fingerprint density at radius 1 is 1.40 bits per heavy atom. The van der Waals surface area contributed by atoms with Gasteiger partial charge in [-0.1, -0.05) is 11.6 Å². The summed E-state index contributed by atoms with van der Waals surface area (Å²) < 4.78 is 5.02. The van der Waals surface area contributed by atoms with E-state index in [1.165, 1.54) is 7.11 Å². The number of benzene rings is 1. The number of carbonyl (C=O) groups excluding carboxylic acids is 1. The highest BCUT2D eigenvalue weighted by atomic mass is 35.5. The molecule has 0 bridgehead atoms. The van der Waals surface area contributed by atoms with Crippen molar-refractivity contribution < 1.29 is 9.53 Å². The Labute approximate surface area is 121 Å². The molecule has 0 spiro atoms. The van der Waals surface area contributed by atoms with Crippen molar-refractivity contribution in [3.8, 4) is 5.88 Å². The Kier molecular flexibility index (Phi) is 4.42. The number of nitrogen functional groups attached to an aromatic ring is 1. The van der Waals surface area contributed by atoms with Crippen LogP contribution in [0.4, 0.5) is 5.69 Å². The minimum atomic E-state index is -0.280. The number of carbonyl (C=O) groups is 1. The Bertz CT molecular complexity index is 632. The molecule has 1 aromatic carbocycles. The maximum atomic E-state index is 12.0. The lowest BCUT2D eigenvalue weighted by Gasteiger charge is -2.08. The second-order valence-corrected chi connectivity index (χ2v) is 4.54. The fraction of sp³-hybridized carbons (Fsp3) is 0.143. The number of hydrogen-bond donors (Lipinski definition) is 2. The summed E-state index contributed by atoms with van der Waals surface area (Å²) in [5, 5.41) is 3.14. The second kappa shape index (κ2) is 6.25. The highest BCUT2D eigenvalue weighted by Gasteiger charge is 2.10. The number of halogens is 1. The van der Waals surface area contributed by atoms with Gasteiger partial charge in [0.15, 0.2) is 0 Å². The molecule has 0 aliphatic rings. The number of anilines is 1. The number of ether oxygens (including phenoxy) is 1. The van der Waals surface area contributed by atoms with Gasteiger partial charge in [0.2, 0.25) is 5.88 Å². The Morgan fingerprint density at radius 3 is 2.95 bits per heavy atom. The van der Waals surface area contributed by atoms with Gasteiger partial charge in [-0.2, -0.15) is 0 Å². The molecule has 0 saturated heterocycles. The smallest absolute Gasteiger partial charge is 0.253 e. The van der Waals surface area contributed by atoms with E-state index in [2.05, 4.69) is 10.3 Å². The van der Waals surface area contributed by atoms with Crippen molar-refractivity contribution in [3.63, 3.8) is 0 Å². The average molecular weight is 292 g/mol. The minimum absolute atomic E-state index is 0.280. The first kappa shape index (κ1) is 14.1. The first-order valence-electron chi connectivity index (χ1n) is 5.92. The maximum Gasteiger partial charge on any atom is 0.253 e. The maximum absolute atomic E-state index is 12.0. The molecule has 0 aliphatic heterocycles. The van der Waals surface area contributed by atoms with Crippen LogP contribution < -0.4 is 15.8 Å². The molecule has 5 nitrogen and oxygen atoms in total. The number of pyridine rings is 1. The summed E-state index contributed by atoms with van der Waals surface area (Å²) in [7, 11) is 1.54. The number of nitrogens with two attached hydrogens (primary N) is 1. The fourth-order valence-electron chi connectivity index (χ4n) is 1.67. The topological polar surface area (TPSA) is 77.2 Å². The van der Waals surface area contributed by atoms with Crippen LogP contribution in [0.1, 0.15) is 15.9 Å². The van der Waals surface area contributed by atoms with Gasteiger partial charge < -0.3 is 15.8 Å². The molecule has 0 aliphatic carbocycles. The number of rotatable bonds is 4. The normalized spacial score (nSPS) is 10.1. The van der Waals surface area contributed by atoms with E-state index < -0.39 is 0 Å². The van der Waals surface area contributed by atoms with E-state index in [9.17, 15) is 4.79 Å². The summed E-state index contributed by atoms with van der Waals surface area (Å²) in [5.74, 6) is 0.219. The van der Waals surface area contributed by atoms with E-state index in [1.807, 2.05) is 0 Å². The number of nitrogens with one attached hydrogen (secondary N) is 1. The molecule has 0 saturated carbocycles. The van der Waals surface area contributed by atoms with Crippen LogP contribution in [0.15, 0.2) is 36.5 Å². The van der Waals surface area contributed by atoms with Crippen LogP contribution >= 0.6 is 11.6 Å². The van der Waals surface area contributed by atoms with Crippen LogP contribution in [0, 0.1) is 0 Å². The predicted octanol–water partition coefficient (Wildman–Crippen LogP) is 2.26. The molecule has 1 aromatic heterocycles. The van der Waals surface area contributed by atoms with Gasteiger partial charge in [-0.3, -0.25) is 4.79 Å². The summed E-state index contributed by atoms with van der Waals surface area (Å²) >= 11 is 5.97.